The molecule has 7 heteroatoms. The summed E-state index contributed by atoms with van der Waals surface area (Å²) in [6.07, 6.45) is 5.47. The molecule has 1 aromatic rings. The maximum absolute atomic E-state index is 13.0. The average molecular weight is 348 g/mol. The van der Waals surface area contributed by atoms with Crippen molar-refractivity contribution >= 4 is 5.91 Å². The van der Waals surface area contributed by atoms with Crippen LogP contribution < -0.4 is 0 Å². The molecule has 1 amide bonds. The molecule has 25 heavy (non-hydrogen) atoms. The van der Waals surface area contributed by atoms with E-state index in [4.69, 9.17) is 4.74 Å². The topological polar surface area (TPSA) is 70.8 Å². The molecular weight excluding hydrogens is 320 g/mol. The van der Waals surface area contributed by atoms with Gasteiger partial charge in [-0.25, -0.2) is 0 Å². The van der Waals surface area contributed by atoms with Crippen molar-refractivity contribution in [1.82, 2.24) is 19.6 Å². The highest BCUT2D eigenvalue weighted by Gasteiger charge is 2.39. The summed E-state index contributed by atoms with van der Waals surface area (Å²) in [6, 6.07) is 2.16. The first-order valence-electron chi connectivity index (χ1n) is 9.46. The van der Waals surface area contributed by atoms with Crippen molar-refractivity contribution in [1.29, 1.82) is 0 Å². The Kier molecular flexibility index (Phi) is 4.80. The third-order valence-electron chi connectivity index (χ3n) is 5.91. The largest absolute Gasteiger partial charge is 0.389 e. The Hall–Kier alpha value is -1.44. The predicted molar refractivity (Wildman–Crippen MR) is 91.9 cm³/mol. The second-order valence-electron chi connectivity index (χ2n) is 7.68. The molecule has 0 radical (unpaired) electrons. The van der Waals surface area contributed by atoms with Gasteiger partial charge in [0.15, 0.2) is 0 Å². The van der Waals surface area contributed by atoms with Crippen molar-refractivity contribution in [3.63, 3.8) is 0 Å². The molecule has 138 valence electrons. The summed E-state index contributed by atoms with van der Waals surface area (Å²) in [7, 11) is 0. The van der Waals surface area contributed by atoms with E-state index in [0.717, 1.165) is 70.8 Å². The minimum atomic E-state index is -0.771. The van der Waals surface area contributed by atoms with Crippen molar-refractivity contribution in [3.05, 3.63) is 18.0 Å². The fourth-order valence-electron chi connectivity index (χ4n) is 4.13. The van der Waals surface area contributed by atoms with Gasteiger partial charge < -0.3 is 14.7 Å². The molecule has 2 fully saturated rings. The summed E-state index contributed by atoms with van der Waals surface area (Å²) >= 11 is 0. The lowest BCUT2D eigenvalue weighted by molar-refractivity contribution is -0.144. The third-order valence-corrected chi connectivity index (χ3v) is 5.91. The van der Waals surface area contributed by atoms with Crippen LogP contribution in [0.4, 0.5) is 0 Å². The Morgan fingerprint density at radius 1 is 1.32 bits per heavy atom. The van der Waals surface area contributed by atoms with Crippen LogP contribution in [0.5, 0.6) is 0 Å². The van der Waals surface area contributed by atoms with Gasteiger partial charge in [-0.3, -0.25) is 14.4 Å². The molecule has 7 nitrogen and oxygen atoms in total. The SMILES string of the molecule is O=C(CC1(O)CCC1)N1Cc2ccnn2CC[C@H]1CN1CCOCC1. The van der Waals surface area contributed by atoms with Gasteiger partial charge in [0.05, 0.1) is 37.5 Å². The molecule has 1 saturated carbocycles. The molecule has 0 bridgehead atoms. The van der Waals surface area contributed by atoms with Crippen LogP contribution in [0.25, 0.3) is 0 Å². The van der Waals surface area contributed by atoms with Gasteiger partial charge in [0, 0.05) is 38.4 Å². The lowest BCUT2D eigenvalue weighted by Crippen LogP contribution is -2.51. The molecule has 1 atom stereocenters. The number of carbonyl (C=O) groups excluding carboxylic acids is 1. The first-order valence-corrected chi connectivity index (χ1v) is 9.46. The Morgan fingerprint density at radius 2 is 2.12 bits per heavy atom. The third kappa shape index (κ3) is 3.73. The average Bonchev–Trinajstić information content (AvgIpc) is 2.96. The number of morpholine rings is 1. The second kappa shape index (κ2) is 7.05. The standard InChI is InChI=1S/C18H28N4O3/c23-17(12-18(24)4-1-5-18)21-14-16-2-6-19-22(16)7-3-15(21)13-20-8-10-25-11-9-20/h2,6,15,24H,1,3-5,7-14H2/t15-/m0/s1. The maximum Gasteiger partial charge on any atom is 0.226 e. The molecule has 2 aliphatic heterocycles. The fourth-order valence-corrected chi connectivity index (χ4v) is 4.13. The quantitative estimate of drug-likeness (QED) is 0.864. The summed E-state index contributed by atoms with van der Waals surface area (Å²) in [5.74, 6) is 0.0788. The van der Waals surface area contributed by atoms with Crippen molar-refractivity contribution in [2.75, 3.05) is 32.8 Å². The van der Waals surface area contributed by atoms with E-state index in [1.54, 1.807) is 6.20 Å². The maximum atomic E-state index is 13.0. The van der Waals surface area contributed by atoms with Gasteiger partial charge in [-0.15, -0.1) is 0 Å². The highest BCUT2D eigenvalue weighted by molar-refractivity contribution is 5.78. The molecule has 1 aromatic heterocycles. The van der Waals surface area contributed by atoms with E-state index in [-0.39, 0.29) is 18.4 Å². The number of hydrogen-bond acceptors (Lipinski definition) is 5. The van der Waals surface area contributed by atoms with Crippen LogP contribution >= 0.6 is 0 Å². The Labute approximate surface area is 148 Å². The Balaban J connectivity index is 1.49. The van der Waals surface area contributed by atoms with E-state index >= 15 is 0 Å². The van der Waals surface area contributed by atoms with Crippen LogP contribution in [0, 0.1) is 0 Å². The lowest BCUT2D eigenvalue weighted by Gasteiger charge is -2.40. The van der Waals surface area contributed by atoms with Crippen LogP contribution in [-0.2, 0) is 22.6 Å². The number of amides is 1. The molecule has 0 spiro atoms. The molecule has 0 unspecified atom stereocenters. The van der Waals surface area contributed by atoms with E-state index in [1.165, 1.54) is 0 Å². The van der Waals surface area contributed by atoms with Crippen molar-refractivity contribution < 1.29 is 14.6 Å². The Morgan fingerprint density at radius 3 is 2.84 bits per heavy atom. The molecule has 1 N–H and O–H groups in total. The molecule has 3 heterocycles. The van der Waals surface area contributed by atoms with Crippen molar-refractivity contribution in [2.45, 2.75) is 56.8 Å². The molecule has 0 aromatic carbocycles. The van der Waals surface area contributed by atoms with Gasteiger partial charge in [-0.05, 0) is 31.7 Å². The summed E-state index contributed by atoms with van der Waals surface area (Å²) in [5, 5.41) is 14.8. The van der Waals surface area contributed by atoms with E-state index in [1.807, 2.05) is 15.6 Å². The lowest BCUT2D eigenvalue weighted by atomic mass is 9.77. The predicted octanol–water partition coefficient (Wildman–Crippen LogP) is 0.621. The van der Waals surface area contributed by atoms with Gasteiger partial charge in [-0.2, -0.15) is 5.10 Å². The van der Waals surface area contributed by atoms with Gasteiger partial charge >= 0.3 is 0 Å². The Bertz CT molecular complexity index is 607. The number of rotatable bonds is 4. The van der Waals surface area contributed by atoms with E-state index in [2.05, 4.69) is 10.00 Å². The van der Waals surface area contributed by atoms with E-state index < -0.39 is 5.60 Å². The van der Waals surface area contributed by atoms with Crippen LogP contribution in [0.2, 0.25) is 0 Å². The minimum Gasteiger partial charge on any atom is -0.389 e. The fraction of sp³-hybridized carbons (Fsp3) is 0.778. The number of aliphatic hydroxyl groups is 1. The first kappa shape index (κ1) is 17.0. The first-order chi connectivity index (χ1) is 12.1. The highest BCUT2D eigenvalue weighted by atomic mass is 16.5. The number of aromatic nitrogens is 2. The number of aryl methyl sites for hydroxylation is 1. The molecular formula is C18H28N4O3. The number of carbonyl (C=O) groups is 1. The van der Waals surface area contributed by atoms with Gasteiger partial charge in [0.1, 0.15) is 0 Å². The van der Waals surface area contributed by atoms with Crippen LogP contribution in [0.1, 0.15) is 37.8 Å². The van der Waals surface area contributed by atoms with Crippen LogP contribution in [0.3, 0.4) is 0 Å². The zero-order valence-corrected chi connectivity index (χ0v) is 14.8. The minimum absolute atomic E-state index is 0.0788. The second-order valence-corrected chi connectivity index (χ2v) is 7.68. The summed E-state index contributed by atoms with van der Waals surface area (Å²) in [4.78, 5) is 17.4. The van der Waals surface area contributed by atoms with Gasteiger partial charge in [0.2, 0.25) is 5.91 Å². The summed E-state index contributed by atoms with van der Waals surface area (Å²) in [5.41, 5.74) is 0.311. The van der Waals surface area contributed by atoms with Gasteiger partial charge in [0.25, 0.3) is 0 Å². The van der Waals surface area contributed by atoms with Crippen molar-refractivity contribution in [2.24, 2.45) is 0 Å². The smallest absolute Gasteiger partial charge is 0.226 e. The highest BCUT2D eigenvalue weighted by Crippen LogP contribution is 2.35. The van der Waals surface area contributed by atoms with Crippen LogP contribution in [-0.4, -0.2) is 75.1 Å². The molecule has 1 saturated heterocycles. The number of ether oxygens (including phenoxy) is 1. The molecule has 3 aliphatic rings. The van der Waals surface area contributed by atoms with Crippen molar-refractivity contribution in [3.8, 4) is 0 Å². The number of fused-ring (bicyclic) bond motifs is 1. The van der Waals surface area contributed by atoms with Gasteiger partial charge in [-0.1, -0.05) is 0 Å². The van der Waals surface area contributed by atoms with E-state index in [9.17, 15) is 9.90 Å². The molecule has 1 aliphatic carbocycles. The van der Waals surface area contributed by atoms with Crippen LogP contribution in [0.15, 0.2) is 12.3 Å². The summed E-state index contributed by atoms with van der Waals surface area (Å²) in [6.45, 7) is 5.68. The zero-order valence-electron chi connectivity index (χ0n) is 14.8. The molecule has 4 rings (SSSR count). The summed E-state index contributed by atoms with van der Waals surface area (Å²) < 4.78 is 7.46. The normalized spacial score (nSPS) is 26.6. The monoisotopic (exact) mass is 348 g/mol. The number of nitrogens with zero attached hydrogens (tertiary/aromatic N) is 4. The van der Waals surface area contributed by atoms with E-state index in [0.29, 0.717) is 6.54 Å². The number of hydrogen-bond donors (Lipinski definition) is 1. The zero-order chi connectivity index (χ0) is 17.3.